The lowest BCUT2D eigenvalue weighted by atomic mass is 10.1. The van der Waals surface area contributed by atoms with Gasteiger partial charge >= 0.3 is 12.1 Å². The standard InChI is InChI=1S/C15H19N7O.C10H9F3O2/c1-3-5-10-11(4-2)17-20-14(10)15(23)22(16)9-6-7-12-13(8-9)19-21-18-12;1-7(14)15-6-8-3-2-4-9(5-8)10(11,12)13/h6-8H,3-5,16H2,1-2H3,(H,17,20)(H,18,19,21);2-5H,6H2,1H3. The van der Waals surface area contributed by atoms with Crippen molar-refractivity contribution in [2.24, 2.45) is 5.84 Å². The monoisotopic (exact) mass is 531 g/mol. The second kappa shape index (κ2) is 12.3. The summed E-state index contributed by atoms with van der Waals surface area (Å²) >= 11 is 0. The second-order valence-electron chi connectivity index (χ2n) is 8.28. The van der Waals surface area contributed by atoms with Gasteiger partial charge in [0.1, 0.15) is 17.6 Å². The summed E-state index contributed by atoms with van der Waals surface area (Å²) in [5, 5.41) is 18.7. The van der Waals surface area contributed by atoms with Gasteiger partial charge in [0.2, 0.25) is 0 Å². The minimum Gasteiger partial charge on any atom is -0.461 e. The first kappa shape index (κ1) is 28.3. The van der Waals surface area contributed by atoms with Gasteiger partial charge in [-0.25, -0.2) is 10.9 Å². The number of ether oxygens (including phenoxy) is 1. The lowest BCUT2D eigenvalue weighted by molar-refractivity contribution is -0.142. The number of hydrogen-bond donors (Lipinski definition) is 3. The zero-order chi connectivity index (χ0) is 27.9. The molecule has 10 nitrogen and oxygen atoms in total. The van der Waals surface area contributed by atoms with Crippen molar-refractivity contribution in [3.63, 3.8) is 0 Å². The molecule has 1 amide bonds. The Morgan fingerprint density at radius 1 is 1.05 bits per heavy atom. The molecule has 0 spiro atoms. The van der Waals surface area contributed by atoms with E-state index in [1.807, 2.05) is 6.92 Å². The fourth-order valence-corrected chi connectivity index (χ4v) is 3.62. The molecular formula is C25H28F3N7O3. The molecule has 38 heavy (non-hydrogen) atoms. The van der Waals surface area contributed by atoms with Crippen LogP contribution >= 0.6 is 0 Å². The average Bonchev–Trinajstić information content (AvgIpc) is 3.53. The number of esters is 1. The molecule has 0 aliphatic heterocycles. The predicted octanol–water partition coefficient (Wildman–Crippen LogP) is 4.48. The maximum absolute atomic E-state index is 12.7. The van der Waals surface area contributed by atoms with E-state index in [0.29, 0.717) is 28.0 Å². The average molecular weight is 532 g/mol. The molecule has 2 aromatic carbocycles. The number of alkyl halides is 3. The van der Waals surface area contributed by atoms with Crippen LogP contribution in [0.2, 0.25) is 0 Å². The Morgan fingerprint density at radius 2 is 1.79 bits per heavy atom. The smallest absolute Gasteiger partial charge is 0.416 e. The van der Waals surface area contributed by atoms with Crippen LogP contribution in [-0.4, -0.2) is 37.5 Å². The third-order valence-corrected chi connectivity index (χ3v) is 5.50. The maximum Gasteiger partial charge on any atom is 0.416 e. The number of aromatic nitrogens is 5. The van der Waals surface area contributed by atoms with Crippen molar-refractivity contribution in [3.05, 3.63) is 70.5 Å². The van der Waals surface area contributed by atoms with Gasteiger partial charge < -0.3 is 4.74 Å². The van der Waals surface area contributed by atoms with Crippen molar-refractivity contribution in [1.29, 1.82) is 0 Å². The van der Waals surface area contributed by atoms with Crippen molar-refractivity contribution in [1.82, 2.24) is 25.6 Å². The summed E-state index contributed by atoms with van der Waals surface area (Å²) in [7, 11) is 0. The Balaban J connectivity index is 0.000000232. The number of nitrogens with zero attached hydrogens (tertiary/aromatic N) is 4. The number of aromatic amines is 2. The highest BCUT2D eigenvalue weighted by molar-refractivity contribution is 6.05. The number of fused-ring (bicyclic) bond motifs is 1. The van der Waals surface area contributed by atoms with Crippen molar-refractivity contribution in [3.8, 4) is 0 Å². The first-order valence-electron chi connectivity index (χ1n) is 11.8. The topological polar surface area (TPSA) is 143 Å². The molecular weight excluding hydrogens is 503 g/mol. The molecule has 2 aromatic heterocycles. The molecule has 0 unspecified atom stereocenters. The number of hydrogen-bond acceptors (Lipinski definition) is 7. The van der Waals surface area contributed by atoms with Crippen molar-refractivity contribution < 1.29 is 27.5 Å². The highest BCUT2D eigenvalue weighted by Gasteiger charge is 2.30. The number of carbonyl (C=O) groups is 2. The number of halogens is 3. The zero-order valence-corrected chi connectivity index (χ0v) is 21.1. The normalized spacial score (nSPS) is 11.1. The summed E-state index contributed by atoms with van der Waals surface area (Å²) in [6, 6.07) is 9.88. The molecule has 202 valence electrons. The van der Waals surface area contributed by atoms with E-state index in [2.05, 4.69) is 37.3 Å². The van der Waals surface area contributed by atoms with Gasteiger partial charge in [-0.05, 0) is 48.7 Å². The number of anilines is 1. The van der Waals surface area contributed by atoms with Crippen molar-refractivity contribution in [2.75, 3.05) is 5.01 Å². The molecule has 2 heterocycles. The number of benzene rings is 2. The maximum atomic E-state index is 12.7. The van der Waals surface area contributed by atoms with Gasteiger partial charge in [-0.1, -0.05) is 32.4 Å². The molecule has 0 atom stereocenters. The van der Waals surface area contributed by atoms with Gasteiger partial charge in [0.25, 0.3) is 5.91 Å². The van der Waals surface area contributed by atoms with E-state index in [9.17, 15) is 22.8 Å². The van der Waals surface area contributed by atoms with E-state index in [1.165, 1.54) is 19.1 Å². The van der Waals surface area contributed by atoms with E-state index >= 15 is 0 Å². The van der Waals surface area contributed by atoms with Crippen LogP contribution in [0.15, 0.2) is 42.5 Å². The third-order valence-electron chi connectivity index (χ3n) is 5.50. The molecule has 13 heteroatoms. The van der Waals surface area contributed by atoms with Crippen LogP contribution in [0, 0.1) is 0 Å². The lowest BCUT2D eigenvalue weighted by Gasteiger charge is -2.16. The van der Waals surface area contributed by atoms with E-state index in [4.69, 9.17) is 5.84 Å². The Hall–Kier alpha value is -4.26. The van der Waals surface area contributed by atoms with Crippen LogP contribution in [-0.2, 0) is 35.2 Å². The Labute approximate surface area is 216 Å². The van der Waals surface area contributed by atoms with Gasteiger partial charge in [-0.2, -0.15) is 33.7 Å². The molecule has 4 aromatic rings. The first-order chi connectivity index (χ1) is 18.0. The number of rotatable bonds is 7. The van der Waals surface area contributed by atoms with Gasteiger partial charge in [-0.15, -0.1) is 0 Å². The number of H-pyrrole nitrogens is 2. The molecule has 0 fully saturated rings. The Bertz CT molecular complexity index is 1400. The van der Waals surface area contributed by atoms with Gasteiger partial charge in [-0.3, -0.25) is 14.7 Å². The van der Waals surface area contributed by atoms with Gasteiger partial charge in [0.15, 0.2) is 5.69 Å². The van der Waals surface area contributed by atoms with E-state index < -0.39 is 17.7 Å². The van der Waals surface area contributed by atoms with E-state index in [-0.39, 0.29) is 12.5 Å². The summed E-state index contributed by atoms with van der Waals surface area (Å²) in [6.45, 7) is 5.16. The number of amides is 1. The summed E-state index contributed by atoms with van der Waals surface area (Å²) in [4.78, 5) is 23.2. The summed E-state index contributed by atoms with van der Waals surface area (Å²) in [5.74, 6) is 5.16. The minimum absolute atomic E-state index is 0.140. The van der Waals surface area contributed by atoms with Gasteiger partial charge in [0.05, 0.1) is 11.3 Å². The van der Waals surface area contributed by atoms with Crippen LogP contribution in [0.5, 0.6) is 0 Å². The molecule has 4 N–H and O–H groups in total. The summed E-state index contributed by atoms with van der Waals surface area (Å²) in [5.41, 5.74) is 3.79. The summed E-state index contributed by atoms with van der Waals surface area (Å²) < 4.78 is 41.4. The first-order valence-corrected chi connectivity index (χ1v) is 11.8. The summed E-state index contributed by atoms with van der Waals surface area (Å²) in [6.07, 6.45) is -1.85. The quantitative estimate of drug-likeness (QED) is 0.138. The SMILES string of the molecule is CC(=O)OCc1cccc(C(F)(F)F)c1.CCCc1c(C(=O)N(N)c2ccc3n[nH]nc3c2)n[nH]c1CC. The largest absolute Gasteiger partial charge is 0.461 e. The van der Waals surface area contributed by atoms with Gasteiger partial charge in [0, 0.05) is 18.2 Å². The zero-order valence-electron chi connectivity index (χ0n) is 21.1. The molecule has 0 saturated heterocycles. The van der Waals surface area contributed by atoms with Crippen molar-refractivity contribution in [2.45, 2.75) is 52.8 Å². The number of carbonyl (C=O) groups excluding carboxylic acids is 2. The second-order valence-corrected chi connectivity index (χ2v) is 8.28. The number of nitrogens with two attached hydrogens (primary N) is 1. The fourth-order valence-electron chi connectivity index (χ4n) is 3.62. The molecule has 0 radical (unpaired) electrons. The number of aryl methyl sites for hydroxylation is 1. The van der Waals surface area contributed by atoms with Crippen LogP contribution < -0.4 is 10.9 Å². The Morgan fingerprint density at radius 3 is 2.45 bits per heavy atom. The highest BCUT2D eigenvalue weighted by atomic mass is 19.4. The van der Waals surface area contributed by atoms with Crippen LogP contribution in [0.3, 0.4) is 0 Å². The van der Waals surface area contributed by atoms with E-state index in [1.54, 1.807) is 18.2 Å². The van der Waals surface area contributed by atoms with E-state index in [0.717, 1.165) is 47.7 Å². The van der Waals surface area contributed by atoms with Crippen LogP contribution in [0.1, 0.15) is 60.1 Å². The highest BCUT2D eigenvalue weighted by Crippen LogP contribution is 2.29. The molecule has 0 aliphatic rings. The van der Waals surface area contributed by atoms with Crippen molar-refractivity contribution >= 4 is 28.6 Å². The fraction of sp³-hybridized carbons (Fsp3) is 0.320. The predicted molar refractivity (Wildman–Crippen MR) is 134 cm³/mol. The molecule has 0 saturated carbocycles. The number of hydrazine groups is 1. The minimum atomic E-state index is -4.37. The lowest BCUT2D eigenvalue weighted by Crippen LogP contribution is -2.38. The number of nitrogens with one attached hydrogen (secondary N) is 2. The third kappa shape index (κ3) is 6.94. The van der Waals surface area contributed by atoms with Crippen LogP contribution in [0.4, 0.5) is 18.9 Å². The molecule has 0 bridgehead atoms. The Kier molecular flexibility index (Phi) is 9.18. The molecule has 0 aliphatic carbocycles. The molecule has 4 rings (SSSR count). The van der Waals surface area contributed by atoms with Crippen LogP contribution in [0.25, 0.3) is 11.0 Å².